The van der Waals surface area contributed by atoms with E-state index >= 15 is 0 Å². The van der Waals surface area contributed by atoms with Crippen molar-refractivity contribution in [1.82, 2.24) is 15.5 Å². The maximum absolute atomic E-state index is 12.2. The van der Waals surface area contributed by atoms with Gasteiger partial charge in [-0.15, -0.1) is 12.4 Å². The first-order chi connectivity index (χ1) is 11.7. The third-order valence-corrected chi connectivity index (χ3v) is 4.88. The van der Waals surface area contributed by atoms with Crippen molar-refractivity contribution < 1.29 is 9.59 Å². The van der Waals surface area contributed by atoms with E-state index in [-0.39, 0.29) is 30.8 Å². The van der Waals surface area contributed by atoms with Crippen LogP contribution in [0.25, 0.3) is 0 Å². The van der Waals surface area contributed by atoms with Gasteiger partial charge >= 0.3 is 0 Å². The Morgan fingerprint density at radius 3 is 2.36 bits per heavy atom. The minimum absolute atomic E-state index is 0. The fraction of sp³-hybridized carbons (Fsp3) is 0.579. The second-order valence-electron chi connectivity index (χ2n) is 6.95. The SMILES string of the molecule is Cl.O=C(Cc1ccccc1)NCC(=O)N1CCC(NCC2CC2)CC1. The fourth-order valence-electron chi connectivity index (χ4n) is 3.12. The molecule has 1 saturated heterocycles. The van der Waals surface area contributed by atoms with Crippen LogP contribution < -0.4 is 10.6 Å². The summed E-state index contributed by atoms with van der Waals surface area (Å²) >= 11 is 0. The van der Waals surface area contributed by atoms with Gasteiger partial charge in [0.25, 0.3) is 0 Å². The third kappa shape index (κ3) is 6.67. The highest BCUT2D eigenvalue weighted by Crippen LogP contribution is 2.28. The number of nitrogens with one attached hydrogen (secondary N) is 2. The number of piperidine rings is 1. The van der Waals surface area contributed by atoms with Crippen molar-refractivity contribution in [1.29, 1.82) is 0 Å². The summed E-state index contributed by atoms with van der Waals surface area (Å²) in [7, 11) is 0. The lowest BCUT2D eigenvalue weighted by molar-refractivity contribution is -0.133. The number of amides is 2. The molecule has 6 heteroatoms. The molecule has 0 aromatic heterocycles. The van der Waals surface area contributed by atoms with Crippen molar-refractivity contribution in [3.63, 3.8) is 0 Å². The summed E-state index contributed by atoms with van der Waals surface area (Å²) < 4.78 is 0. The van der Waals surface area contributed by atoms with Gasteiger partial charge in [-0.1, -0.05) is 30.3 Å². The molecule has 1 heterocycles. The Kier molecular flexibility index (Phi) is 7.72. The van der Waals surface area contributed by atoms with Crippen molar-refractivity contribution in [3.05, 3.63) is 35.9 Å². The normalized spacial score (nSPS) is 17.7. The topological polar surface area (TPSA) is 61.4 Å². The van der Waals surface area contributed by atoms with Crippen LogP contribution in [0.3, 0.4) is 0 Å². The average molecular weight is 366 g/mol. The molecule has 2 amide bonds. The van der Waals surface area contributed by atoms with E-state index in [1.165, 1.54) is 12.8 Å². The van der Waals surface area contributed by atoms with Crippen LogP contribution in [-0.4, -0.2) is 48.9 Å². The van der Waals surface area contributed by atoms with Gasteiger partial charge in [0.2, 0.25) is 11.8 Å². The van der Waals surface area contributed by atoms with E-state index in [0.717, 1.165) is 44.0 Å². The van der Waals surface area contributed by atoms with Crippen LogP contribution in [-0.2, 0) is 16.0 Å². The number of likely N-dealkylation sites (tertiary alicyclic amines) is 1. The molecule has 1 aliphatic carbocycles. The predicted molar refractivity (Wildman–Crippen MR) is 101 cm³/mol. The number of carbonyl (C=O) groups is 2. The highest BCUT2D eigenvalue weighted by molar-refractivity contribution is 5.86. The first-order valence-corrected chi connectivity index (χ1v) is 9.02. The highest BCUT2D eigenvalue weighted by Gasteiger charge is 2.25. The van der Waals surface area contributed by atoms with Crippen molar-refractivity contribution in [2.75, 3.05) is 26.2 Å². The smallest absolute Gasteiger partial charge is 0.241 e. The Bertz CT molecular complexity index is 555. The number of rotatable bonds is 7. The summed E-state index contributed by atoms with van der Waals surface area (Å²) in [5.74, 6) is 0.817. The van der Waals surface area contributed by atoms with E-state index < -0.39 is 0 Å². The van der Waals surface area contributed by atoms with Crippen LogP contribution in [0.2, 0.25) is 0 Å². The quantitative estimate of drug-likeness (QED) is 0.774. The van der Waals surface area contributed by atoms with Crippen LogP contribution in [0.5, 0.6) is 0 Å². The third-order valence-electron chi connectivity index (χ3n) is 4.88. The molecule has 1 aromatic carbocycles. The van der Waals surface area contributed by atoms with E-state index in [0.29, 0.717) is 12.5 Å². The van der Waals surface area contributed by atoms with Crippen LogP contribution in [0.15, 0.2) is 30.3 Å². The maximum atomic E-state index is 12.2. The van der Waals surface area contributed by atoms with Gasteiger partial charge in [0, 0.05) is 19.1 Å². The molecule has 25 heavy (non-hydrogen) atoms. The summed E-state index contributed by atoms with van der Waals surface area (Å²) in [5.41, 5.74) is 0.963. The van der Waals surface area contributed by atoms with Gasteiger partial charge in [0.15, 0.2) is 0 Å². The van der Waals surface area contributed by atoms with Crippen molar-refractivity contribution in [3.8, 4) is 0 Å². The molecule has 138 valence electrons. The summed E-state index contributed by atoms with van der Waals surface area (Å²) in [5, 5.41) is 6.35. The van der Waals surface area contributed by atoms with Crippen LogP contribution >= 0.6 is 12.4 Å². The molecule has 1 saturated carbocycles. The number of carbonyl (C=O) groups excluding carboxylic acids is 2. The zero-order valence-corrected chi connectivity index (χ0v) is 15.4. The molecule has 2 fully saturated rings. The van der Waals surface area contributed by atoms with E-state index in [9.17, 15) is 9.59 Å². The van der Waals surface area contributed by atoms with E-state index in [1.807, 2.05) is 35.2 Å². The number of halogens is 1. The second-order valence-corrected chi connectivity index (χ2v) is 6.95. The van der Waals surface area contributed by atoms with Gasteiger partial charge in [-0.2, -0.15) is 0 Å². The minimum Gasteiger partial charge on any atom is -0.347 e. The van der Waals surface area contributed by atoms with Crippen molar-refractivity contribution in [2.45, 2.75) is 38.1 Å². The molecular weight excluding hydrogens is 338 g/mol. The van der Waals surface area contributed by atoms with Crippen LogP contribution in [0.4, 0.5) is 0 Å². The van der Waals surface area contributed by atoms with Gasteiger partial charge in [-0.25, -0.2) is 0 Å². The molecular formula is C19H28ClN3O2. The van der Waals surface area contributed by atoms with Crippen molar-refractivity contribution >= 4 is 24.2 Å². The van der Waals surface area contributed by atoms with E-state index in [4.69, 9.17) is 0 Å². The largest absolute Gasteiger partial charge is 0.347 e. The Labute approximate surface area is 155 Å². The van der Waals surface area contributed by atoms with Gasteiger partial charge in [0.1, 0.15) is 0 Å². The zero-order chi connectivity index (χ0) is 16.8. The molecule has 2 aliphatic rings. The first kappa shape index (κ1) is 19.7. The van der Waals surface area contributed by atoms with E-state index in [2.05, 4.69) is 10.6 Å². The molecule has 0 bridgehead atoms. The second kappa shape index (κ2) is 9.78. The Hall–Kier alpha value is -1.59. The number of hydrogen-bond donors (Lipinski definition) is 2. The van der Waals surface area contributed by atoms with Gasteiger partial charge in [0.05, 0.1) is 13.0 Å². The first-order valence-electron chi connectivity index (χ1n) is 9.02. The molecule has 1 aliphatic heterocycles. The lowest BCUT2D eigenvalue weighted by Gasteiger charge is -2.32. The average Bonchev–Trinajstić information content (AvgIpc) is 3.44. The summed E-state index contributed by atoms with van der Waals surface area (Å²) in [6.07, 6.45) is 5.08. The molecule has 0 radical (unpaired) electrons. The summed E-state index contributed by atoms with van der Waals surface area (Å²) in [4.78, 5) is 26.0. The minimum atomic E-state index is -0.101. The highest BCUT2D eigenvalue weighted by atomic mass is 35.5. The Morgan fingerprint density at radius 1 is 1.04 bits per heavy atom. The molecule has 1 aromatic rings. The number of nitrogens with zero attached hydrogens (tertiary/aromatic N) is 1. The number of hydrogen-bond acceptors (Lipinski definition) is 3. The molecule has 0 spiro atoms. The van der Waals surface area contributed by atoms with Crippen LogP contribution in [0, 0.1) is 5.92 Å². The zero-order valence-electron chi connectivity index (χ0n) is 14.6. The molecule has 5 nitrogen and oxygen atoms in total. The molecule has 2 N–H and O–H groups in total. The lowest BCUT2D eigenvalue weighted by Crippen LogP contribution is -2.48. The standard InChI is InChI=1S/C19H27N3O2.ClH/c23-18(12-15-4-2-1-3-5-15)21-14-19(24)22-10-8-17(9-11-22)20-13-16-6-7-16;/h1-5,16-17,20H,6-14H2,(H,21,23);1H. The van der Waals surface area contributed by atoms with Crippen molar-refractivity contribution in [2.24, 2.45) is 5.92 Å². The Morgan fingerprint density at radius 2 is 1.72 bits per heavy atom. The summed E-state index contributed by atoms with van der Waals surface area (Å²) in [6.45, 7) is 2.81. The lowest BCUT2D eigenvalue weighted by atomic mass is 10.0. The van der Waals surface area contributed by atoms with Gasteiger partial charge in [-0.05, 0) is 43.7 Å². The molecule has 3 rings (SSSR count). The maximum Gasteiger partial charge on any atom is 0.241 e. The molecule has 0 unspecified atom stereocenters. The Balaban J connectivity index is 0.00000225. The number of benzene rings is 1. The fourth-order valence-corrected chi connectivity index (χ4v) is 3.12. The predicted octanol–water partition coefficient (Wildman–Crippen LogP) is 1.76. The molecule has 0 atom stereocenters. The van der Waals surface area contributed by atoms with E-state index in [1.54, 1.807) is 0 Å². The monoisotopic (exact) mass is 365 g/mol. The van der Waals surface area contributed by atoms with Gasteiger partial charge in [-0.3, -0.25) is 9.59 Å². The van der Waals surface area contributed by atoms with Gasteiger partial charge < -0.3 is 15.5 Å². The van der Waals surface area contributed by atoms with Crippen LogP contribution in [0.1, 0.15) is 31.2 Å². The summed E-state index contributed by atoms with van der Waals surface area (Å²) in [6, 6.07) is 10.1.